The van der Waals surface area contributed by atoms with Gasteiger partial charge in [0.1, 0.15) is 0 Å². The second-order valence-electron chi connectivity index (χ2n) is 4.98. The fraction of sp³-hybridized carbons (Fsp3) is 0.375. The molecule has 106 valence electrons. The number of carboxylic acids is 1. The van der Waals surface area contributed by atoms with Crippen LogP contribution in [0.5, 0.6) is 0 Å². The molecule has 4 heteroatoms. The van der Waals surface area contributed by atoms with Crippen molar-refractivity contribution in [3.63, 3.8) is 0 Å². The van der Waals surface area contributed by atoms with Crippen molar-refractivity contribution in [3.05, 3.63) is 35.4 Å². The molecule has 0 unspecified atom stereocenters. The van der Waals surface area contributed by atoms with Crippen LogP contribution in [0, 0.1) is 0 Å². The first kappa shape index (κ1) is 14.3. The summed E-state index contributed by atoms with van der Waals surface area (Å²) in [6.07, 6.45) is 3.80. The molecule has 0 atom stereocenters. The largest absolute Gasteiger partial charge is 0.478 e. The first-order chi connectivity index (χ1) is 9.52. The minimum atomic E-state index is -0.926. The molecule has 1 aromatic carbocycles. The van der Waals surface area contributed by atoms with Crippen molar-refractivity contribution < 1.29 is 14.7 Å². The lowest BCUT2D eigenvalue weighted by molar-refractivity contribution is -0.131. The zero-order valence-corrected chi connectivity index (χ0v) is 11.8. The van der Waals surface area contributed by atoms with Crippen molar-refractivity contribution in [2.45, 2.75) is 33.1 Å². The molecule has 1 heterocycles. The summed E-state index contributed by atoms with van der Waals surface area (Å²) < 4.78 is 0. The number of hydrogen-bond acceptors (Lipinski definition) is 2. The van der Waals surface area contributed by atoms with Gasteiger partial charge in [0.25, 0.3) is 0 Å². The van der Waals surface area contributed by atoms with Gasteiger partial charge in [-0.3, -0.25) is 4.79 Å². The Hall–Kier alpha value is -2.10. The molecule has 1 N–H and O–H groups in total. The van der Waals surface area contributed by atoms with E-state index in [-0.39, 0.29) is 5.91 Å². The summed E-state index contributed by atoms with van der Waals surface area (Å²) >= 11 is 0. The second kappa shape index (κ2) is 5.90. The van der Waals surface area contributed by atoms with Crippen molar-refractivity contribution in [1.29, 1.82) is 0 Å². The van der Waals surface area contributed by atoms with Crippen LogP contribution < -0.4 is 4.90 Å². The molecule has 0 spiro atoms. The number of fused-ring (bicyclic) bond motifs is 1. The smallest absolute Gasteiger partial charge is 0.328 e. The number of hydrogen-bond donors (Lipinski definition) is 1. The van der Waals surface area contributed by atoms with Crippen LogP contribution in [-0.2, 0) is 16.0 Å². The van der Waals surface area contributed by atoms with Gasteiger partial charge >= 0.3 is 5.97 Å². The van der Waals surface area contributed by atoms with Gasteiger partial charge in [-0.2, -0.15) is 0 Å². The van der Waals surface area contributed by atoms with Crippen molar-refractivity contribution >= 4 is 23.1 Å². The number of benzene rings is 1. The number of amides is 1. The van der Waals surface area contributed by atoms with Gasteiger partial charge in [-0.05, 0) is 48.1 Å². The number of carbonyl (C=O) groups is 2. The van der Waals surface area contributed by atoms with E-state index in [0.29, 0.717) is 6.42 Å². The number of aliphatic carboxylic acids is 1. The summed E-state index contributed by atoms with van der Waals surface area (Å²) in [6.45, 7) is 4.27. The number of allylic oxidation sites excluding steroid dienone is 1. The predicted octanol–water partition coefficient (Wildman–Crippen LogP) is 2.86. The molecular formula is C16H19NO3. The highest BCUT2D eigenvalue weighted by Crippen LogP contribution is 2.30. The summed E-state index contributed by atoms with van der Waals surface area (Å²) in [6, 6.07) is 5.84. The van der Waals surface area contributed by atoms with Crippen LogP contribution in [0.4, 0.5) is 5.69 Å². The SMILES string of the molecule is CC/C(=C\C(=O)O)c1ccc2c(c1)CCCN2C(C)=O. The Balaban J connectivity index is 2.41. The Morgan fingerprint density at radius 1 is 1.40 bits per heavy atom. The van der Waals surface area contributed by atoms with Gasteiger partial charge in [-0.1, -0.05) is 13.0 Å². The monoisotopic (exact) mass is 273 g/mol. The lowest BCUT2D eigenvalue weighted by Crippen LogP contribution is -2.33. The third-order valence-electron chi connectivity index (χ3n) is 3.63. The van der Waals surface area contributed by atoms with Crippen LogP contribution >= 0.6 is 0 Å². The maximum absolute atomic E-state index is 11.6. The van der Waals surface area contributed by atoms with Crippen LogP contribution in [0.1, 0.15) is 37.8 Å². The predicted molar refractivity (Wildman–Crippen MR) is 78.7 cm³/mol. The molecule has 0 radical (unpaired) electrons. The third kappa shape index (κ3) is 2.90. The molecule has 1 aliphatic rings. The summed E-state index contributed by atoms with van der Waals surface area (Å²) in [4.78, 5) is 24.2. The van der Waals surface area contributed by atoms with Crippen LogP contribution in [-0.4, -0.2) is 23.5 Å². The van der Waals surface area contributed by atoms with E-state index in [1.165, 1.54) is 6.08 Å². The Morgan fingerprint density at radius 2 is 2.15 bits per heavy atom. The minimum absolute atomic E-state index is 0.0514. The normalized spacial score (nSPS) is 14.9. The molecule has 1 aromatic rings. The number of anilines is 1. The fourth-order valence-electron chi connectivity index (χ4n) is 2.66. The summed E-state index contributed by atoms with van der Waals surface area (Å²) in [5, 5.41) is 8.90. The highest BCUT2D eigenvalue weighted by atomic mass is 16.4. The molecule has 1 aliphatic heterocycles. The zero-order chi connectivity index (χ0) is 14.7. The topological polar surface area (TPSA) is 57.6 Å². The van der Waals surface area contributed by atoms with E-state index in [0.717, 1.165) is 41.8 Å². The molecule has 0 aromatic heterocycles. The number of aryl methyl sites for hydroxylation is 1. The van der Waals surface area contributed by atoms with Crippen LogP contribution in [0.15, 0.2) is 24.3 Å². The van der Waals surface area contributed by atoms with E-state index in [1.54, 1.807) is 11.8 Å². The van der Waals surface area contributed by atoms with E-state index in [4.69, 9.17) is 5.11 Å². The summed E-state index contributed by atoms with van der Waals surface area (Å²) in [5.41, 5.74) is 3.81. The van der Waals surface area contributed by atoms with E-state index in [1.807, 2.05) is 25.1 Å². The first-order valence-corrected chi connectivity index (χ1v) is 6.87. The molecule has 0 saturated heterocycles. The van der Waals surface area contributed by atoms with Crippen molar-refractivity contribution in [1.82, 2.24) is 0 Å². The Kier molecular flexibility index (Phi) is 4.23. The van der Waals surface area contributed by atoms with E-state index < -0.39 is 5.97 Å². The molecule has 2 rings (SSSR count). The Bertz CT molecular complexity index is 575. The minimum Gasteiger partial charge on any atom is -0.478 e. The van der Waals surface area contributed by atoms with Crippen molar-refractivity contribution in [3.8, 4) is 0 Å². The quantitative estimate of drug-likeness (QED) is 0.861. The number of carbonyl (C=O) groups excluding carboxylic acids is 1. The Morgan fingerprint density at radius 3 is 2.75 bits per heavy atom. The van der Waals surface area contributed by atoms with E-state index in [2.05, 4.69) is 0 Å². The number of nitrogens with zero attached hydrogens (tertiary/aromatic N) is 1. The molecule has 0 fully saturated rings. The highest BCUT2D eigenvalue weighted by Gasteiger charge is 2.20. The second-order valence-corrected chi connectivity index (χ2v) is 4.98. The maximum Gasteiger partial charge on any atom is 0.328 e. The maximum atomic E-state index is 11.6. The molecule has 0 bridgehead atoms. The Labute approximate surface area is 118 Å². The van der Waals surface area contributed by atoms with Gasteiger partial charge in [-0.25, -0.2) is 4.79 Å². The lowest BCUT2D eigenvalue weighted by Gasteiger charge is -2.29. The van der Waals surface area contributed by atoms with Crippen LogP contribution in [0.2, 0.25) is 0 Å². The van der Waals surface area contributed by atoms with Gasteiger partial charge < -0.3 is 10.0 Å². The van der Waals surface area contributed by atoms with Crippen LogP contribution in [0.25, 0.3) is 5.57 Å². The van der Waals surface area contributed by atoms with Gasteiger partial charge in [0.15, 0.2) is 0 Å². The number of carboxylic acid groups (broad SMARTS) is 1. The van der Waals surface area contributed by atoms with Gasteiger partial charge in [0, 0.05) is 25.2 Å². The summed E-state index contributed by atoms with van der Waals surface area (Å²) in [5.74, 6) is -0.875. The van der Waals surface area contributed by atoms with Gasteiger partial charge in [0.05, 0.1) is 0 Å². The van der Waals surface area contributed by atoms with E-state index in [9.17, 15) is 9.59 Å². The molecule has 0 aliphatic carbocycles. The molecule has 1 amide bonds. The standard InChI is InChI=1S/C16H19NO3/c1-3-12(10-16(19)20)13-6-7-15-14(9-13)5-4-8-17(15)11(2)18/h6-7,9-10H,3-5,8H2,1-2H3,(H,19,20)/b12-10+. The van der Waals surface area contributed by atoms with Crippen LogP contribution in [0.3, 0.4) is 0 Å². The molecular weight excluding hydrogens is 254 g/mol. The molecule has 0 saturated carbocycles. The average Bonchev–Trinajstić information content (AvgIpc) is 2.43. The summed E-state index contributed by atoms with van der Waals surface area (Å²) in [7, 11) is 0. The fourth-order valence-corrected chi connectivity index (χ4v) is 2.66. The average molecular weight is 273 g/mol. The third-order valence-corrected chi connectivity index (χ3v) is 3.63. The number of rotatable bonds is 3. The van der Waals surface area contributed by atoms with E-state index >= 15 is 0 Å². The zero-order valence-electron chi connectivity index (χ0n) is 11.8. The molecule has 4 nitrogen and oxygen atoms in total. The lowest BCUT2D eigenvalue weighted by atomic mass is 9.95. The molecule has 20 heavy (non-hydrogen) atoms. The first-order valence-electron chi connectivity index (χ1n) is 6.87. The highest BCUT2D eigenvalue weighted by molar-refractivity contribution is 5.94. The van der Waals surface area contributed by atoms with Crippen molar-refractivity contribution in [2.75, 3.05) is 11.4 Å². The van der Waals surface area contributed by atoms with Crippen molar-refractivity contribution in [2.24, 2.45) is 0 Å². The van der Waals surface area contributed by atoms with Gasteiger partial charge in [-0.15, -0.1) is 0 Å². The van der Waals surface area contributed by atoms with Gasteiger partial charge in [0.2, 0.25) is 5.91 Å².